The summed E-state index contributed by atoms with van der Waals surface area (Å²) in [7, 11) is 2.81. The molecular weight excluding hydrogens is 232 g/mol. The summed E-state index contributed by atoms with van der Waals surface area (Å²) in [6.07, 6.45) is 3.03. The number of benzene rings is 1. The van der Waals surface area contributed by atoms with Gasteiger partial charge >= 0.3 is 5.97 Å². The zero-order chi connectivity index (χ0) is 13.5. The third kappa shape index (κ3) is 4.29. The standard InChI is InChI=1S/C13H16N2O3/c1-15(9-13(17)18-2)12(16)7-6-10-4-3-5-11(14)8-10/h3-8H,9,14H2,1-2H3/b7-6+. The molecule has 96 valence electrons. The van der Waals surface area contributed by atoms with Gasteiger partial charge in [0, 0.05) is 18.8 Å². The van der Waals surface area contributed by atoms with Gasteiger partial charge in [-0.15, -0.1) is 0 Å². The molecule has 0 radical (unpaired) electrons. The van der Waals surface area contributed by atoms with Crippen LogP contribution >= 0.6 is 0 Å². The van der Waals surface area contributed by atoms with E-state index < -0.39 is 5.97 Å². The molecule has 0 bridgehead atoms. The number of carbonyl (C=O) groups excluding carboxylic acids is 2. The summed E-state index contributed by atoms with van der Waals surface area (Å²) in [5.74, 6) is -0.731. The molecule has 1 aromatic carbocycles. The molecule has 2 N–H and O–H groups in total. The van der Waals surface area contributed by atoms with E-state index in [4.69, 9.17) is 5.73 Å². The highest BCUT2D eigenvalue weighted by Gasteiger charge is 2.09. The molecule has 0 unspecified atom stereocenters. The van der Waals surface area contributed by atoms with Crippen LogP contribution in [0.2, 0.25) is 0 Å². The average Bonchev–Trinajstić information content (AvgIpc) is 2.35. The number of nitrogens with two attached hydrogens (primary N) is 1. The first-order valence-corrected chi connectivity index (χ1v) is 5.38. The number of amides is 1. The maximum atomic E-state index is 11.7. The van der Waals surface area contributed by atoms with Crippen molar-refractivity contribution in [2.24, 2.45) is 0 Å². The van der Waals surface area contributed by atoms with Gasteiger partial charge in [-0.1, -0.05) is 12.1 Å². The Morgan fingerprint density at radius 2 is 2.17 bits per heavy atom. The molecule has 18 heavy (non-hydrogen) atoms. The second-order valence-electron chi connectivity index (χ2n) is 3.77. The van der Waals surface area contributed by atoms with Gasteiger partial charge in [-0.25, -0.2) is 0 Å². The van der Waals surface area contributed by atoms with Crippen LogP contribution in [-0.4, -0.2) is 37.5 Å². The molecule has 0 saturated carbocycles. The number of anilines is 1. The lowest BCUT2D eigenvalue weighted by Gasteiger charge is -2.12. The van der Waals surface area contributed by atoms with Crippen LogP contribution < -0.4 is 5.73 Å². The Hall–Kier alpha value is -2.30. The zero-order valence-corrected chi connectivity index (χ0v) is 10.4. The monoisotopic (exact) mass is 248 g/mol. The Balaban J connectivity index is 2.61. The van der Waals surface area contributed by atoms with E-state index in [0.29, 0.717) is 5.69 Å². The first-order chi connectivity index (χ1) is 8.52. The number of nitrogens with zero attached hydrogens (tertiary/aromatic N) is 1. The summed E-state index contributed by atoms with van der Waals surface area (Å²) < 4.78 is 4.48. The largest absolute Gasteiger partial charge is 0.468 e. The average molecular weight is 248 g/mol. The quantitative estimate of drug-likeness (QED) is 0.488. The zero-order valence-electron chi connectivity index (χ0n) is 10.4. The van der Waals surface area contributed by atoms with E-state index in [1.807, 2.05) is 6.07 Å². The smallest absolute Gasteiger partial charge is 0.325 e. The van der Waals surface area contributed by atoms with Gasteiger partial charge in [-0.3, -0.25) is 9.59 Å². The number of esters is 1. The van der Waals surface area contributed by atoms with Crippen LogP contribution in [0, 0.1) is 0 Å². The van der Waals surface area contributed by atoms with Crippen molar-refractivity contribution in [1.29, 1.82) is 0 Å². The Bertz CT molecular complexity index is 469. The van der Waals surface area contributed by atoms with Crippen molar-refractivity contribution < 1.29 is 14.3 Å². The Morgan fingerprint density at radius 3 is 2.78 bits per heavy atom. The van der Waals surface area contributed by atoms with Crippen LogP contribution in [0.25, 0.3) is 6.08 Å². The molecule has 1 rings (SSSR count). The summed E-state index contributed by atoms with van der Waals surface area (Å²) in [6.45, 7) is -0.0728. The van der Waals surface area contributed by atoms with Gasteiger partial charge in [-0.05, 0) is 23.8 Å². The molecule has 1 aromatic rings. The van der Waals surface area contributed by atoms with E-state index >= 15 is 0 Å². The molecule has 0 aliphatic heterocycles. The Kier molecular flexibility index (Phi) is 4.92. The topological polar surface area (TPSA) is 72.6 Å². The molecule has 1 amide bonds. The van der Waals surface area contributed by atoms with Crippen molar-refractivity contribution >= 4 is 23.6 Å². The predicted octanol–water partition coefficient (Wildman–Crippen LogP) is 0.913. The molecule has 5 heteroatoms. The van der Waals surface area contributed by atoms with Crippen molar-refractivity contribution in [3.05, 3.63) is 35.9 Å². The molecule has 0 heterocycles. The normalized spacial score (nSPS) is 10.3. The molecule has 0 atom stereocenters. The SMILES string of the molecule is COC(=O)CN(C)C(=O)/C=C/c1cccc(N)c1. The van der Waals surface area contributed by atoms with Crippen molar-refractivity contribution in [3.8, 4) is 0 Å². The fourth-order valence-corrected chi connectivity index (χ4v) is 1.29. The summed E-state index contributed by atoms with van der Waals surface area (Å²) in [4.78, 5) is 23.9. The van der Waals surface area contributed by atoms with Crippen LogP contribution in [0.3, 0.4) is 0 Å². The van der Waals surface area contributed by atoms with Crippen LogP contribution in [0.15, 0.2) is 30.3 Å². The number of ether oxygens (including phenoxy) is 1. The van der Waals surface area contributed by atoms with Crippen molar-refractivity contribution in [2.45, 2.75) is 0 Å². The van der Waals surface area contributed by atoms with Gasteiger partial charge in [0.25, 0.3) is 0 Å². The van der Waals surface area contributed by atoms with E-state index in [0.717, 1.165) is 5.56 Å². The summed E-state index contributed by atoms with van der Waals surface area (Å²) >= 11 is 0. The third-order valence-electron chi connectivity index (χ3n) is 2.30. The molecule has 5 nitrogen and oxygen atoms in total. The van der Waals surface area contributed by atoms with Gasteiger partial charge in [0.05, 0.1) is 7.11 Å². The van der Waals surface area contributed by atoms with Gasteiger partial charge in [0.1, 0.15) is 6.54 Å². The van der Waals surface area contributed by atoms with Gasteiger partial charge in [-0.2, -0.15) is 0 Å². The van der Waals surface area contributed by atoms with Gasteiger partial charge in [0.15, 0.2) is 0 Å². The Morgan fingerprint density at radius 1 is 1.44 bits per heavy atom. The molecule has 0 fully saturated rings. The molecule has 0 aliphatic rings. The summed E-state index contributed by atoms with van der Waals surface area (Å²) in [5.41, 5.74) is 7.08. The van der Waals surface area contributed by atoms with Crippen LogP contribution in [-0.2, 0) is 14.3 Å². The lowest BCUT2D eigenvalue weighted by molar-refractivity contribution is -0.144. The van der Waals surface area contributed by atoms with Crippen LogP contribution in [0.4, 0.5) is 5.69 Å². The maximum Gasteiger partial charge on any atom is 0.325 e. The van der Waals surface area contributed by atoms with E-state index in [9.17, 15) is 9.59 Å². The third-order valence-corrected chi connectivity index (χ3v) is 2.30. The van der Waals surface area contributed by atoms with Crippen molar-refractivity contribution in [3.63, 3.8) is 0 Å². The minimum Gasteiger partial charge on any atom is -0.468 e. The number of methoxy groups -OCH3 is 1. The van der Waals surface area contributed by atoms with Crippen molar-refractivity contribution in [2.75, 3.05) is 26.4 Å². The molecule has 0 spiro atoms. The summed E-state index contributed by atoms with van der Waals surface area (Å²) in [6, 6.07) is 7.16. The lowest BCUT2D eigenvalue weighted by Crippen LogP contribution is -2.31. The fourth-order valence-electron chi connectivity index (χ4n) is 1.29. The number of hydrogen-bond acceptors (Lipinski definition) is 4. The van der Waals surface area contributed by atoms with E-state index in [2.05, 4.69) is 4.74 Å². The van der Waals surface area contributed by atoms with Crippen LogP contribution in [0.5, 0.6) is 0 Å². The second-order valence-corrected chi connectivity index (χ2v) is 3.77. The minimum absolute atomic E-state index is 0.0728. The van der Waals surface area contributed by atoms with Gasteiger partial charge < -0.3 is 15.4 Å². The van der Waals surface area contributed by atoms with E-state index in [1.165, 1.54) is 25.1 Å². The van der Waals surface area contributed by atoms with E-state index in [-0.39, 0.29) is 12.5 Å². The highest BCUT2D eigenvalue weighted by molar-refractivity contribution is 5.93. The summed E-state index contributed by atoms with van der Waals surface area (Å²) in [5, 5.41) is 0. The number of carbonyl (C=O) groups is 2. The highest BCUT2D eigenvalue weighted by Crippen LogP contribution is 2.08. The maximum absolute atomic E-state index is 11.7. The van der Waals surface area contributed by atoms with E-state index in [1.54, 1.807) is 24.3 Å². The molecular formula is C13H16N2O3. The van der Waals surface area contributed by atoms with Crippen LogP contribution in [0.1, 0.15) is 5.56 Å². The molecule has 0 aliphatic carbocycles. The molecule has 0 saturated heterocycles. The first kappa shape index (κ1) is 13.8. The first-order valence-electron chi connectivity index (χ1n) is 5.38. The minimum atomic E-state index is -0.455. The lowest BCUT2D eigenvalue weighted by atomic mass is 10.2. The second kappa shape index (κ2) is 6.44. The predicted molar refractivity (Wildman–Crippen MR) is 69.5 cm³/mol. The van der Waals surface area contributed by atoms with Crippen molar-refractivity contribution in [1.82, 2.24) is 4.90 Å². The fraction of sp³-hybridized carbons (Fsp3) is 0.231. The number of nitrogen functional groups attached to an aromatic ring is 1. The number of rotatable bonds is 4. The Labute approximate surface area is 106 Å². The molecule has 0 aromatic heterocycles. The highest BCUT2D eigenvalue weighted by atomic mass is 16.5. The number of likely N-dealkylation sites (N-methyl/N-ethyl adjacent to an activating group) is 1. The number of hydrogen-bond donors (Lipinski definition) is 1. The van der Waals surface area contributed by atoms with Gasteiger partial charge in [0.2, 0.25) is 5.91 Å².